The first-order chi connectivity index (χ1) is 13.5. The summed E-state index contributed by atoms with van der Waals surface area (Å²) < 4.78 is 8.18. The highest BCUT2D eigenvalue weighted by Gasteiger charge is 2.10. The molecule has 0 bridgehead atoms. The van der Waals surface area contributed by atoms with Gasteiger partial charge in [0, 0.05) is 10.0 Å². The van der Waals surface area contributed by atoms with Gasteiger partial charge in [-0.3, -0.25) is 4.79 Å². The second-order valence-electron chi connectivity index (χ2n) is 6.21. The number of aryl methyl sites for hydroxylation is 1. The molecule has 7 heteroatoms. The van der Waals surface area contributed by atoms with E-state index in [1.807, 2.05) is 61.5 Å². The molecule has 0 saturated carbocycles. The Bertz CT molecular complexity index is 1290. The Balaban J connectivity index is 1.70. The quantitative estimate of drug-likeness (QED) is 0.469. The first kappa shape index (κ1) is 18.6. The van der Waals surface area contributed by atoms with E-state index >= 15 is 0 Å². The average molecular weight is 454 g/mol. The second-order valence-corrected chi connectivity index (χ2v) is 8.14. The van der Waals surface area contributed by atoms with Gasteiger partial charge in [-0.05, 0) is 42.8 Å². The summed E-state index contributed by atoms with van der Waals surface area (Å²) in [4.78, 5) is 17.7. The topological polar surface area (TPSA) is 56.5 Å². The predicted octanol–water partition coefficient (Wildman–Crippen LogP) is 3.95. The maximum absolute atomic E-state index is 12.7. The molecule has 0 spiro atoms. The standard InChI is InChI=1S/C21H16BrN3O2S/c1-13-3-5-14(6-4-13)7-10-19-23-21-25(24-19)20(26)18(28-21)12-15-11-16(22)8-9-17(15)27-2/h3-12H,1-2H3/b10-7+,18-12+. The van der Waals surface area contributed by atoms with Gasteiger partial charge in [-0.1, -0.05) is 63.2 Å². The van der Waals surface area contributed by atoms with Crippen LogP contribution in [0.3, 0.4) is 0 Å². The number of halogens is 1. The Hall–Kier alpha value is -2.77. The number of aromatic nitrogens is 3. The van der Waals surface area contributed by atoms with Crippen LogP contribution in [0.15, 0.2) is 51.7 Å². The molecular formula is C21H16BrN3O2S. The van der Waals surface area contributed by atoms with Crippen molar-refractivity contribution in [1.82, 2.24) is 14.6 Å². The smallest absolute Gasteiger partial charge is 0.291 e. The minimum Gasteiger partial charge on any atom is -0.496 e. The first-order valence-electron chi connectivity index (χ1n) is 8.53. The fourth-order valence-corrected chi connectivity index (χ4v) is 4.01. The summed E-state index contributed by atoms with van der Waals surface area (Å²) in [7, 11) is 1.61. The summed E-state index contributed by atoms with van der Waals surface area (Å²) in [5.41, 5.74) is 2.89. The molecule has 0 N–H and O–H groups in total. The van der Waals surface area contributed by atoms with E-state index in [0.29, 0.717) is 21.1 Å². The summed E-state index contributed by atoms with van der Waals surface area (Å²) >= 11 is 4.75. The molecule has 0 radical (unpaired) electrons. The van der Waals surface area contributed by atoms with Gasteiger partial charge in [0.15, 0.2) is 5.82 Å². The Morgan fingerprint density at radius 2 is 1.93 bits per heavy atom. The molecule has 0 aliphatic heterocycles. The lowest BCUT2D eigenvalue weighted by atomic mass is 10.1. The number of rotatable bonds is 4. The molecule has 140 valence electrons. The third-order valence-corrected chi connectivity index (χ3v) is 5.63. The maximum Gasteiger partial charge on any atom is 0.291 e. The second kappa shape index (κ2) is 7.69. The fourth-order valence-electron chi connectivity index (χ4n) is 2.73. The SMILES string of the molecule is COc1ccc(Br)cc1/C=c1/sc2nc(/C=C/c3ccc(C)cc3)nn2c1=O. The molecule has 28 heavy (non-hydrogen) atoms. The number of thiazole rings is 1. The van der Waals surface area contributed by atoms with Gasteiger partial charge in [0.2, 0.25) is 4.96 Å². The lowest BCUT2D eigenvalue weighted by molar-refractivity contribution is 0.414. The van der Waals surface area contributed by atoms with E-state index in [-0.39, 0.29) is 5.56 Å². The average Bonchev–Trinajstić information content (AvgIpc) is 3.21. The molecule has 0 saturated heterocycles. The molecule has 5 nitrogen and oxygen atoms in total. The molecule has 2 aromatic heterocycles. The van der Waals surface area contributed by atoms with Gasteiger partial charge in [0.25, 0.3) is 5.56 Å². The number of ether oxygens (including phenoxy) is 1. The highest BCUT2D eigenvalue weighted by atomic mass is 79.9. The third kappa shape index (κ3) is 3.76. The number of hydrogen-bond donors (Lipinski definition) is 0. The lowest BCUT2D eigenvalue weighted by Gasteiger charge is -2.04. The van der Waals surface area contributed by atoms with Crippen molar-refractivity contribution in [3.63, 3.8) is 0 Å². The number of benzene rings is 2. The Labute approximate surface area is 173 Å². The number of methoxy groups -OCH3 is 1. The van der Waals surface area contributed by atoms with Gasteiger partial charge in [-0.2, -0.15) is 9.50 Å². The van der Waals surface area contributed by atoms with Crippen LogP contribution in [0.4, 0.5) is 0 Å². The Morgan fingerprint density at radius 3 is 2.64 bits per heavy atom. The van der Waals surface area contributed by atoms with Gasteiger partial charge in [0.05, 0.1) is 11.6 Å². The van der Waals surface area contributed by atoms with E-state index in [0.717, 1.165) is 15.6 Å². The molecular weight excluding hydrogens is 438 g/mol. The zero-order chi connectivity index (χ0) is 19.7. The summed E-state index contributed by atoms with van der Waals surface area (Å²) in [6, 6.07) is 13.8. The van der Waals surface area contributed by atoms with Crippen LogP contribution < -0.4 is 14.8 Å². The normalized spacial score (nSPS) is 12.3. The van der Waals surface area contributed by atoms with Gasteiger partial charge in [0.1, 0.15) is 5.75 Å². The van der Waals surface area contributed by atoms with Crippen molar-refractivity contribution >= 4 is 50.5 Å². The predicted molar refractivity (Wildman–Crippen MR) is 117 cm³/mol. The van der Waals surface area contributed by atoms with Crippen molar-refractivity contribution in [3.8, 4) is 5.75 Å². The lowest BCUT2D eigenvalue weighted by Crippen LogP contribution is -2.23. The molecule has 4 aromatic rings. The molecule has 0 fully saturated rings. The van der Waals surface area contributed by atoms with Crippen molar-refractivity contribution < 1.29 is 4.74 Å². The Kier molecular flexibility index (Phi) is 5.11. The van der Waals surface area contributed by atoms with Crippen molar-refractivity contribution in [2.24, 2.45) is 0 Å². The molecule has 2 heterocycles. The van der Waals surface area contributed by atoms with E-state index in [4.69, 9.17) is 4.74 Å². The van der Waals surface area contributed by atoms with Crippen molar-refractivity contribution in [3.05, 3.63) is 84.3 Å². The number of hydrogen-bond acceptors (Lipinski definition) is 5. The van der Waals surface area contributed by atoms with Crippen LogP contribution in [0.5, 0.6) is 5.75 Å². The molecule has 0 atom stereocenters. The van der Waals surface area contributed by atoms with E-state index in [2.05, 4.69) is 26.0 Å². The van der Waals surface area contributed by atoms with Crippen LogP contribution >= 0.6 is 27.3 Å². The third-order valence-electron chi connectivity index (χ3n) is 4.18. The van der Waals surface area contributed by atoms with Crippen molar-refractivity contribution in [2.75, 3.05) is 7.11 Å². The van der Waals surface area contributed by atoms with Crippen molar-refractivity contribution in [2.45, 2.75) is 6.92 Å². The molecule has 2 aromatic carbocycles. The molecule has 0 aliphatic carbocycles. The number of nitrogens with zero attached hydrogens (tertiary/aromatic N) is 3. The van der Waals surface area contributed by atoms with Crippen LogP contribution in [0, 0.1) is 6.92 Å². The molecule has 0 aliphatic rings. The van der Waals surface area contributed by atoms with Crippen LogP contribution in [-0.4, -0.2) is 21.7 Å². The van der Waals surface area contributed by atoms with Crippen LogP contribution in [0.1, 0.15) is 22.5 Å². The summed E-state index contributed by atoms with van der Waals surface area (Å²) in [6.07, 6.45) is 5.54. The van der Waals surface area contributed by atoms with Crippen LogP contribution in [0.2, 0.25) is 0 Å². The largest absolute Gasteiger partial charge is 0.496 e. The fraction of sp³-hybridized carbons (Fsp3) is 0.0952. The minimum atomic E-state index is -0.190. The van der Waals surface area contributed by atoms with E-state index in [9.17, 15) is 4.79 Å². The van der Waals surface area contributed by atoms with Gasteiger partial charge in [-0.25, -0.2) is 0 Å². The van der Waals surface area contributed by atoms with Gasteiger partial charge in [-0.15, -0.1) is 5.10 Å². The highest BCUT2D eigenvalue weighted by molar-refractivity contribution is 9.10. The van der Waals surface area contributed by atoms with Crippen LogP contribution in [0.25, 0.3) is 23.2 Å². The monoisotopic (exact) mass is 453 g/mol. The number of fused-ring (bicyclic) bond motifs is 1. The Morgan fingerprint density at radius 1 is 1.14 bits per heavy atom. The summed E-state index contributed by atoms with van der Waals surface area (Å²) in [5.74, 6) is 1.21. The molecule has 4 rings (SSSR count). The van der Waals surface area contributed by atoms with E-state index < -0.39 is 0 Å². The van der Waals surface area contributed by atoms with Gasteiger partial charge < -0.3 is 4.74 Å². The summed E-state index contributed by atoms with van der Waals surface area (Å²) in [5, 5.41) is 4.32. The zero-order valence-corrected chi connectivity index (χ0v) is 17.6. The van der Waals surface area contributed by atoms with Crippen LogP contribution in [-0.2, 0) is 0 Å². The first-order valence-corrected chi connectivity index (χ1v) is 10.1. The van der Waals surface area contributed by atoms with Crippen molar-refractivity contribution in [1.29, 1.82) is 0 Å². The molecule has 0 amide bonds. The minimum absolute atomic E-state index is 0.190. The molecule has 0 unspecified atom stereocenters. The maximum atomic E-state index is 12.7. The van der Waals surface area contributed by atoms with Gasteiger partial charge >= 0.3 is 0 Å². The highest BCUT2D eigenvalue weighted by Crippen LogP contribution is 2.23. The van der Waals surface area contributed by atoms with E-state index in [1.165, 1.54) is 21.4 Å². The zero-order valence-electron chi connectivity index (χ0n) is 15.2. The van der Waals surface area contributed by atoms with E-state index in [1.54, 1.807) is 13.2 Å². The summed E-state index contributed by atoms with van der Waals surface area (Å²) in [6.45, 7) is 2.05.